The number of cyclic esters (lactones) is 1. The van der Waals surface area contributed by atoms with E-state index in [0.717, 1.165) is 5.56 Å². The van der Waals surface area contributed by atoms with Crippen LogP contribution in [0.2, 0.25) is 0 Å². The van der Waals surface area contributed by atoms with Crippen molar-refractivity contribution in [1.82, 2.24) is 4.90 Å². The van der Waals surface area contributed by atoms with Gasteiger partial charge in [0.05, 0.1) is 12.5 Å². The molecule has 0 aromatic heterocycles. The van der Waals surface area contributed by atoms with E-state index in [9.17, 15) is 9.59 Å². The predicted molar refractivity (Wildman–Crippen MR) is 97.8 cm³/mol. The second-order valence-corrected chi connectivity index (χ2v) is 7.47. The van der Waals surface area contributed by atoms with E-state index in [1.165, 1.54) is 4.90 Å². The largest absolute Gasteiger partial charge is 0.748 e. The second kappa shape index (κ2) is 9.03. The maximum atomic E-state index is 12.8. The standard InChI is InChI=1S/C16H19N2O3.C5H5.Fe/c1-15(2,3)13(19)18-12(11-7-5-6-8-11)21-14(20)16(18,4)9-10-17;1-2-4-5-3-1;/h5-8,12H,9H2,1-4H3;1-5H;/q-1;-5;/t12-,16+;;/m0../s1. The van der Waals surface area contributed by atoms with E-state index < -0.39 is 23.2 Å². The molecule has 1 heterocycles. The minimum atomic E-state index is -1.25. The summed E-state index contributed by atoms with van der Waals surface area (Å²) in [5.41, 5.74) is -1.18. The molecular formula is C21H24FeN2O3-6. The number of carbonyl (C=O) groups is 2. The van der Waals surface area contributed by atoms with Crippen LogP contribution in [0.3, 0.4) is 0 Å². The van der Waals surface area contributed by atoms with Crippen molar-refractivity contribution < 1.29 is 31.4 Å². The van der Waals surface area contributed by atoms with Crippen LogP contribution in [-0.2, 0) is 31.4 Å². The van der Waals surface area contributed by atoms with Gasteiger partial charge in [0.1, 0.15) is 0 Å². The Hall–Kier alpha value is -2.35. The summed E-state index contributed by atoms with van der Waals surface area (Å²) in [4.78, 5) is 26.5. The molecule has 2 aromatic carbocycles. The van der Waals surface area contributed by atoms with Gasteiger partial charge in [0, 0.05) is 22.5 Å². The van der Waals surface area contributed by atoms with Crippen LogP contribution in [-0.4, -0.2) is 22.3 Å². The molecule has 2 atom stereocenters. The number of rotatable bonds is 2. The minimum absolute atomic E-state index is 0. The minimum Gasteiger partial charge on any atom is -0.748 e. The number of carbonyl (C=O) groups excluding carboxylic acids is 2. The van der Waals surface area contributed by atoms with Crippen molar-refractivity contribution in [2.24, 2.45) is 5.41 Å². The van der Waals surface area contributed by atoms with Crippen LogP contribution in [0.1, 0.15) is 45.9 Å². The van der Waals surface area contributed by atoms with E-state index >= 15 is 0 Å². The third-order valence-electron chi connectivity index (χ3n) is 4.24. The van der Waals surface area contributed by atoms with Crippen LogP contribution >= 0.6 is 0 Å². The zero-order valence-corrected chi connectivity index (χ0v) is 17.1. The molecule has 0 unspecified atom stereocenters. The number of hydrogen-bond acceptors (Lipinski definition) is 4. The maximum Gasteiger partial charge on any atom is 0.334 e. The normalized spacial score (nSPS) is 21.4. The van der Waals surface area contributed by atoms with Crippen molar-refractivity contribution in [3.05, 3.63) is 60.2 Å². The average molecular weight is 408 g/mol. The smallest absolute Gasteiger partial charge is 0.334 e. The van der Waals surface area contributed by atoms with Gasteiger partial charge in [-0.15, -0.1) is 0 Å². The zero-order chi connectivity index (χ0) is 19.4. The molecule has 1 aliphatic rings. The van der Waals surface area contributed by atoms with E-state index in [1.54, 1.807) is 39.8 Å². The second-order valence-electron chi connectivity index (χ2n) is 7.47. The Bertz CT molecular complexity index is 752. The summed E-state index contributed by atoms with van der Waals surface area (Å²) < 4.78 is 5.42. The van der Waals surface area contributed by atoms with Crippen molar-refractivity contribution in [2.45, 2.75) is 45.9 Å². The van der Waals surface area contributed by atoms with Crippen molar-refractivity contribution in [1.29, 1.82) is 5.26 Å². The summed E-state index contributed by atoms with van der Waals surface area (Å²) >= 11 is 0. The molecule has 150 valence electrons. The summed E-state index contributed by atoms with van der Waals surface area (Å²) in [6, 6.07) is 19.2. The Morgan fingerprint density at radius 2 is 1.74 bits per heavy atom. The van der Waals surface area contributed by atoms with Crippen LogP contribution in [0.4, 0.5) is 0 Å². The number of ether oxygens (including phenoxy) is 1. The molecule has 3 rings (SSSR count). The average Bonchev–Trinajstić information content (AvgIpc) is 3.30. The molecule has 0 N–H and O–H groups in total. The van der Waals surface area contributed by atoms with Crippen molar-refractivity contribution in [3.63, 3.8) is 0 Å². The fourth-order valence-electron chi connectivity index (χ4n) is 2.73. The van der Waals surface area contributed by atoms with Crippen molar-refractivity contribution >= 4 is 11.9 Å². The molecule has 0 spiro atoms. The van der Waals surface area contributed by atoms with Gasteiger partial charge in [-0.05, 0) is 6.92 Å². The van der Waals surface area contributed by atoms with Crippen molar-refractivity contribution in [2.75, 3.05) is 0 Å². The van der Waals surface area contributed by atoms with E-state index in [0.29, 0.717) is 0 Å². The first-order valence-electron chi connectivity index (χ1n) is 8.52. The molecule has 0 radical (unpaired) electrons. The first kappa shape index (κ1) is 22.7. The Morgan fingerprint density at radius 1 is 1.26 bits per heavy atom. The van der Waals surface area contributed by atoms with Crippen LogP contribution in [0.15, 0.2) is 54.6 Å². The van der Waals surface area contributed by atoms with Gasteiger partial charge in [-0.3, -0.25) is 9.69 Å². The van der Waals surface area contributed by atoms with E-state index in [4.69, 9.17) is 10.00 Å². The molecule has 2 aromatic rings. The maximum absolute atomic E-state index is 12.8. The molecule has 1 amide bonds. The number of hydrogen-bond donors (Lipinski definition) is 0. The summed E-state index contributed by atoms with van der Waals surface area (Å²) in [5, 5.41) is 9.03. The van der Waals surface area contributed by atoms with Crippen LogP contribution in [0, 0.1) is 16.7 Å². The first-order chi connectivity index (χ1) is 12.2. The fourth-order valence-corrected chi connectivity index (χ4v) is 2.73. The molecule has 0 aliphatic carbocycles. The number of esters is 1. The summed E-state index contributed by atoms with van der Waals surface area (Å²) in [7, 11) is 0. The molecular weight excluding hydrogens is 384 g/mol. The van der Waals surface area contributed by atoms with E-state index in [2.05, 4.69) is 0 Å². The molecule has 5 nitrogen and oxygen atoms in total. The predicted octanol–water partition coefficient (Wildman–Crippen LogP) is 3.91. The first-order valence-corrected chi connectivity index (χ1v) is 8.52. The molecule has 1 fully saturated rings. The fraction of sp³-hybridized carbons (Fsp3) is 0.381. The Morgan fingerprint density at radius 3 is 2.15 bits per heavy atom. The monoisotopic (exact) mass is 408 g/mol. The van der Waals surface area contributed by atoms with Gasteiger partial charge in [-0.25, -0.2) is 16.9 Å². The molecule has 1 aliphatic heterocycles. The molecule has 6 heteroatoms. The van der Waals surface area contributed by atoms with Gasteiger partial charge in [0.25, 0.3) is 0 Å². The quantitative estimate of drug-likeness (QED) is 0.429. The number of nitrogens with zero attached hydrogens (tertiary/aromatic N) is 2. The Balaban J connectivity index is 0.000000526. The van der Waals surface area contributed by atoms with Gasteiger partial charge >= 0.3 is 5.97 Å². The summed E-state index contributed by atoms with van der Waals surface area (Å²) in [6.45, 7) is 6.94. The third-order valence-corrected chi connectivity index (χ3v) is 4.24. The summed E-state index contributed by atoms with van der Waals surface area (Å²) in [6.07, 6.45) is -0.859. The van der Waals surface area contributed by atoms with Crippen LogP contribution in [0.5, 0.6) is 0 Å². The molecule has 1 saturated heterocycles. The van der Waals surface area contributed by atoms with E-state index in [1.807, 2.05) is 48.5 Å². The summed E-state index contributed by atoms with van der Waals surface area (Å²) in [5.74, 6) is -0.745. The molecule has 0 bridgehead atoms. The topological polar surface area (TPSA) is 70.4 Å². The van der Waals surface area contributed by atoms with E-state index in [-0.39, 0.29) is 29.4 Å². The van der Waals surface area contributed by atoms with Crippen LogP contribution < -0.4 is 0 Å². The van der Waals surface area contributed by atoms with Crippen LogP contribution in [0.25, 0.3) is 0 Å². The Kier molecular flexibility index (Phi) is 7.59. The molecule has 0 saturated carbocycles. The van der Waals surface area contributed by atoms with Gasteiger partial charge in [-0.2, -0.15) is 17.4 Å². The van der Waals surface area contributed by atoms with Crippen molar-refractivity contribution in [3.8, 4) is 6.07 Å². The number of amides is 1. The third kappa shape index (κ3) is 4.88. The van der Waals surface area contributed by atoms with Gasteiger partial charge in [-0.1, -0.05) is 26.3 Å². The zero-order valence-electron chi connectivity index (χ0n) is 16.0. The van der Waals surface area contributed by atoms with Gasteiger partial charge < -0.3 is 35.1 Å². The number of nitriles is 1. The van der Waals surface area contributed by atoms with Gasteiger partial charge in [0.15, 0.2) is 11.8 Å². The molecule has 27 heavy (non-hydrogen) atoms. The SMILES string of the molecule is CC(C)(C)C(=O)N1[C@H]([c-]2cccc2)OC(=O)[C@@]1(C)CC#N.[Fe].[cH-]1[cH-][cH-][cH-][cH-]1. The Labute approximate surface area is 171 Å². The van der Waals surface area contributed by atoms with Gasteiger partial charge in [0.2, 0.25) is 5.91 Å².